The molecule has 0 saturated carbocycles. The largest absolute Gasteiger partial charge is 0.453 e. The molecular weight excluding hydrogens is 389 g/mol. The van der Waals surface area contributed by atoms with Crippen LogP contribution in [0.2, 0.25) is 0 Å². The molecule has 0 spiro atoms. The third-order valence-corrected chi connectivity index (χ3v) is 4.70. The number of hydrogen-bond donors (Lipinski definition) is 0. The van der Waals surface area contributed by atoms with Gasteiger partial charge < -0.3 is 9.15 Å². The maximum Gasteiger partial charge on any atom is 0.453 e. The van der Waals surface area contributed by atoms with E-state index in [1.54, 1.807) is 26.0 Å². The summed E-state index contributed by atoms with van der Waals surface area (Å²) in [5.41, 5.74) is 1.63. The molecule has 1 aromatic carbocycles. The maximum atomic E-state index is 13.2. The molecule has 0 radical (unpaired) electrons. The fraction of sp³-hybridized carbons (Fsp3) is 0.263. The summed E-state index contributed by atoms with van der Waals surface area (Å²) in [6.07, 6.45) is -4.07. The molecule has 4 aromatic rings. The van der Waals surface area contributed by atoms with Crippen LogP contribution in [0.5, 0.6) is 11.6 Å². The van der Waals surface area contributed by atoms with Gasteiger partial charge in [-0.15, -0.1) is 15.3 Å². The molecule has 0 unspecified atom stereocenters. The Kier molecular flexibility index (Phi) is 4.29. The Labute approximate surface area is 161 Å². The highest BCUT2D eigenvalue weighted by molar-refractivity contribution is 5.81. The SMILES string of the molecule is CCc1cc(=O)oc2cc(Oc3nn4c(C(F)(F)F)nnc4c(C)c3C)ccc12. The number of halogens is 3. The van der Waals surface area contributed by atoms with Crippen LogP contribution in [0, 0.1) is 13.8 Å². The van der Waals surface area contributed by atoms with Crippen LogP contribution in [0.25, 0.3) is 16.6 Å². The molecule has 29 heavy (non-hydrogen) atoms. The molecule has 0 bridgehead atoms. The van der Waals surface area contributed by atoms with Crippen molar-refractivity contribution in [3.05, 3.63) is 57.2 Å². The Balaban J connectivity index is 1.83. The lowest BCUT2D eigenvalue weighted by atomic mass is 10.1. The molecule has 0 N–H and O–H groups in total. The van der Waals surface area contributed by atoms with Gasteiger partial charge >= 0.3 is 11.8 Å². The summed E-state index contributed by atoms with van der Waals surface area (Å²) < 4.78 is 51.1. The maximum absolute atomic E-state index is 13.2. The topological polar surface area (TPSA) is 82.5 Å². The van der Waals surface area contributed by atoms with E-state index >= 15 is 0 Å². The minimum absolute atomic E-state index is 0.000675. The van der Waals surface area contributed by atoms with Crippen LogP contribution >= 0.6 is 0 Å². The number of ether oxygens (including phenoxy) is 1. The number of aromatic nitrogens is 4. The van der Waals surface area contributed by atoms with E-state index in [0.29, 0.717) is 27.6 Å². The van der Waals surface area contributed by atoms with E-state index < -0.39 is 17.6 Å². The Morgan fingerprint density at radius 2 is 1.90 bits per heavy atom. The van der Waals surface area contributed by atoms with Gasteiger partial charge in [0.1, 0.15) is 11.3 Å². The molecule has 0 aliphatic heterocycles. The first kappa shape index (κ1) is 18.9. The molecule has 7 nitrogen and oxygen atoms in total. The van der Waals surface area contributed by atoms with Gasteiger partial charge in [0.05, 0.1) is 0 Å². The number of benzene rings is 1. The summed E-state index contributed by atoms with van der Waals surface area (Å²) in [6.45, 7) is 5.19. The smallest absolute Gasteiger partial charge is 0.437 e. The van der Waals surface area contributed by atoms with E-state index in [9.17, 15) is 18.0 Å². The highest BCUT2D eigenvalue weighted by Crippen LogP contribution is 2.32. The lowest BCUT2D eigenvalue weighted by Gasteiger charge is -2.12. The fourth-order valence-electron chi connectivity index (χ4n) is 3.05. The number of nitrogens with zero attached hydrogens (tertiary/aromatic N) is 4. The van der Waals surface area contributed by atoms with Gasteiger partial charge in [-0.25, -0.2) is 4.79 Å². The van der Waals surface area contributed by atoms with Crippen molar-refractivity contribution < 1.29 is 22.3 Å². The van der Waals surface area contributed by atoms with Gasteiger partial charge in [-0.2, -0.15) is 17.7 Å². The third-order valence-electron chi connectivity index (χ3n) is 4.70. The molecule has 3 heterocycles. The predicted molar refractivity (Wildman–Crippen MR) is 97.2 cm³/mol. The van der Waals surface area contributed by atoms with Gasteiger partial charge in [-0.3, -0.25) is 0 Å². The van der Waals surface area contributed by atoms with E-state index in [4.69, 9.17) is 9.15 Å². The zero-order valence-corrected chi connectivity index (χ0v) is 15.7. The van der Waals surface area contributed by atoms with Crippen LogP contribution < -0.4 is 10.4 Å². The second-order valence-electron chi connectivity index (χ2n) is 6.52. The molecule has 0 atom stereocenters. The van der Waals surface area contributed by atoms with Crippen LogP contribution in [0.1, 0.15) is 29.4 Å². The normalized spacial score (nSPS) is 12.1. The zero-order chi connectivity index (χ0) is 20.9. The number of fused-ring (bicyclic) bond motifs is 2. The van der Waals surface area contributed by atoms with E-state index in [2.05, 4.69) is 15.3 Å². The summed E-state index contributed by atoms with van der Waals surface area (Å²) in [7, 11) is 0. The summed E-state index contributed by atoms with van der Waals surface area (Å²) in [5.74, 6) is -1.00. The van der Waals surface area contributed by atoms with Crippen molar-refractivity contribution in [2.45, 2.75) is 33.4 Å². The summed E-state index contributed by atoms with van der Waals surface area (Å²) >= 11 is 0. The third kappa shape index (κ3) is 3.20. The Morgan fingerprint density at radius 1 is 1.14 bits per heavy atom. The molecule has 0 amide bonds. The molecule has 3 aromatic heterocycles. The Bertz CT molecular complexity index is 1310. The first-order valence-electron chi connectivity index (χ1n) is 8.73. The molecule has 0 aliphatic carbocycles. The van der Waals surface area contributed by atoms with Crippen molar-refractivity contribution >= 4 is 16.6 Å². The van der Waals surface area contributed by atoms with Crippen molar-refractivity contribution in [1.29, 1.82) is 0 Å². The highest BCUT2D eigenvalue weighted by atomic mass is 19.4. The molecule has 10 heteroatoms. The minimum atomic E-state index is -4.71. The average Bonchev–Trinajstić information content (AvgIpc) is 3.09. The van der Waals surface area contributed by atoms with E-state index in [1.807, 2.05) is 6.92 Å². The van der Waals surface area contributed by atoms with Crippen LogP contribution in [-0.2, 0) is 12.6 Å². The van der Waals surface area contributed by atoms with Gasteiger partial charge in [0.2, 0.25) is 5.88 Å². The van der Waals surface area contributed by atoms with E-state index in [-0.39, 0.29) is 17.3 Å². The fourth-order valence-corrected chi connectivity index (χ4v) is 3.05. The van der Waals surface area contributed by atoms with Gasteiger partial charge in [0, 0.05) is 28.6 Å². The number of aryl methyl sites for hydroxylation is 2. The standard InChI is InChI=1S/C19H15F3N4O3/c1-4-11-7-15(27)29-14-8-12(5-6-13(11)14)28-17-10(3)9(2)16-23-24-18(19(20,21)22)26(16)25-17/h5-8H,4H2,1-3H3. The molecule has 150 valence electrons. The second-order valence-corrected chi connectivity index (χ2v) is 6.52. The first-order valence-corrected chi connectivity index (χ1v) is 8.73. The van der Waals surface area contributed by atoms with Crippen LogP contribution in [0.15, 0.2) is 33.5 Å². The Hall–Kier alpha value is -3.43. The van der Waals surface area contributed by atoms with Crippen molar-refractivity contribution in [1.82, 2.24) is 19.8 Å². The van der Waals surface area contributed by atoms with Gasteiger partial charge in [-0.05, 0) is 38.0 Å². The molecular formula is C19H15F3N4O3. The molecule has 0 saturated heterocycles. The van der Waals surface area contributed by atoms with Crippen molar-refractivity contribution in [3.8, 4) is 11.6 Å². The van der Waals surface area contributed by atoms with Crippen LogP contribution in [0.3, 0.4) is 0 Å². The highest BCUT2D eigenvalue weighted by Gasteiger charge is 2.38. The second kappa shape index (κ2) is 6.57. The Morgan fingerprint density at radius 3 is 2.59 bits per heavy atom. The molecule has 4 rings (SSSR count). The van der Waals surface area contributed by atoms with Crippen molar-refractivity contribution in [3.63, 3.8) is 0 Å². The lowest BCUT2D eigenvalue weighted by Crippen LogP contribution is -2.13. The van der Waals surface area contributed by atoms with Crippen LogP contribution in [-0.4, -0.2) is 19.8 Å². The predicted octanol–water partition coefficient (Wildman–Crippen LogP) is 4.22. The average molecular weight is 404 g/mol. The number of rotatable bonds is 3. The quantitative estimate of drug-likeness (QED) is 0.476. The van der Waals surface area contributed by atoms with E-state index in [0.717, 1.165) is 10.9 Å². The molecule has 0 aliphatic rings. The summed E-state index contributed by atoms with van der Waals surface area (Å²) in [4.78, 5) is 11.7. The first-order chi connectivity index (χ1) is 13.7. The van der Waals surface area contributed by atoms with Crippen molar-refractivity contribution in [2.24, 2.45) is 0 Å². The number of hydrogen-bond acceptors (Lipinski definition) is 6. The van der Waals surface area contributed by atoms with Crippen molar-refractivity contribution in [2.75, 3.05) is 0 Å². The summed E-state index contributed by atoms with van der Waals surface area (Å²) in [5, 5.41) is 11.5. The van der Waals surface area contributed by atoms with Crippen LogP contribution in [0.4, 0.5) is 13.2 Å². The van der Waals surface area contributed by atoms with Gasteiger partial charge in [0.25, 0.3) is 5.82 Å². The molecule has 0 fully saturated rings. The van der Waals surface area contributed by atoms with Gasteiger partial charge in [-0.1, -0.05) is 6.92 Å². The monoisotopic (exact) mass is 404 g/mol. The lowest BCUT2D eigenvalue weighted by molar-refractivity contribution is -0.146. The minimum Gasteiger partial charge on any atom is -0.437 e. The number of alkyl halides is 3. The van der Waals surface area contributed by atoms with E-state index in [1.165, 1.54) is 12.1 Å². The van der Waals surface area contributed by atoms with Gasteiger partial charge in [0.15, 0.2) is 5.65 Å². The summed E-state index contributed by atoms with van der Waals surface area (Å²) in [6, 6.07) is 6.30. The zero-order valence-electron chi connectivity index (χ0n) is 15.7.